The number of esters is 1. The van der Waals surface area contributed by atoms with Crippen LogP contribution in [-0.2, 0) is 9.53 Å². The zero-order valence-corrected chi connectivity index (χ0v) is 19.9. The fourth-order valence-electron chi connectivity index (χ4n) is 6.69. The van der Waals surface area contributed by atoms with Crippen molar-refractivity contribution >= 4 is 23.3 Å². The van der Waals surface area contributed by atoms with Crippen LogP contribution in [0.4, 0.5) is 5.69 Å². The molecule has 0 bridgehead atoms. The molecule has 1 aromatic rings. The van der Waals surface area contributed by atoms with Gasteiger partial charge in [0.1, 0.15) is 6.10 Å². The van der Waals surface area contributed by atoms with Crippen molar-refractivity contribution in [1.82, 2.24) is 4.90 Å². The van der Waals surface area contributed by atoms with E-state index >= 15 is 0 Å². The summed E-state index contributed by atoms with van der Waals surface area (Å²) in [6.45, 7) is 11.6. The Balaban J connectivity index is 1.25. The van der Waals surface area contributed by atoms with Gasteiger partial charge in [0.25, 0.3) is 0 Å². The first-order valence-corrected chi connectivity index (χ1v) is 12.3. The van der Waals surface area contributed by atoms with Crippen LogP contribution in [0, 0.1) is 24.2 Å². The number of ether oxygens (including phenoxy) is 1. The third-order valence-electron chi connectivity index (χ3n) is 8.52. The van der Waals surface area contributed by atoms with Gasteiger partial charge in [-0.2, -0.15) is 0 Å². The molecule has 4 atom stereocenters. The first kappa shape index (κ1) is 21.3. The highest BCUT2D eigenvalue weighted by Gasteiger charge is 2.53. The number of piperazine rings is 1. The summed E-state index contributed by atoms with van der Waals surface area (Å²) >= 11 is 6.24. The Kier molecular flexibility index (Phi) is 5.58. The number of allylic oxidation sites excluding steroid dienone is 2. The molecule has 2 aliphatic heterocycles. The van der Waals surface area contributed by atoms with E-state index in [4.69, 9.17) is 16.3 Å². The second-order valence-corrected chi connectivity index (χ2v) is 11.0. The van der Waals surface area contributed by atoms with Gasteiger partial charge in [0.15, 0.2) is 0 Å². The fourth-order valence-corrected chi connectivity index (χ4v) is 6.86. The molecule has 0 radical (unpaired) electrons. The molecule has 0 unspecified atom stereocenters. The van der Waals surface area contributed by atoms with Crippen LogP contribution in [0.25, 0.3) is 0 Å². The molecule has 168 valence electrons. The monoisotopic (exact) mass is 442 g/mol. The molecule has 5 rings (SSSR count). The van der Waals surface area contributed by atoms with Crippen LogP contribution < -0.4 is 4.90 Å². The van der Waals surface area contributed by atoms with E-state index < -0.39 is 0 Å². The van der Waals surface area contributed by atoms with Gasteiger partial charge in [-0.25, -0.2) is 0 Å². The highest BCUT2D eigenvalue weighted by Crippen LogP contribution is 2.55. The Hall–Kier alpha value is -1.52. The molecule has 0 N–H and O–H groups in total. The molecule has 2 heterocycles. The topological polar surface area (TPSA) is 32.8 Å². The molecule has 5 heteroatoms. The van der Waals surface area contributed by atoms with Crippen LogP contribution in [0.2, 0.25) is 5.02 Å². The van der Waals surface area contributed by atoms with Crippen molar-refractivity contribution in [2.45, 2.75) is 59.0 Å². The zero-order valence-electron chi connectivity index (χ0n) is 19.1. The third-order valence-corrected chi connectivity index (χ3v) is 8.75. The lowest BCUT2D eigenvalue weighted by Crippen LogP contribution is -2.49. The van der Waals surface area contributed by atoms with Crippen LogP contribution in [0.1, 0.15) is 51.5 Å². The van der Waals surface area contributed by atoms with Crippen molar-refractivity contribution in [3.63, 3.8) is 0 Å². The van der Waals surface area contributed by atoms with Crippen LogP contribution >= 0.6 is 11.6 Å². The summed E-state index contributed by atoms with van der Waals surface area (Å²) in [5, 5.41) is 0.791. The van der Waals surface area contributed by atoms with Crippen molar-refractivity contribution in [1.29, 1.82) is 0 Å². The lowest BCUT2D eigenvalue weighted by Gasteiger charge is -2.46. The molecule has 1 aromatic carbocycles. The molecule has 4 nitrogen and oxygen atoms in total. The first-order valence-electron chi connectivity index (χ1n) is 12.0. The highest BCUT2D eigenvalue weighted by molar-refractivity contribution is 6.30. The number of benzene rings is 1. The maximum Gasteiger partial charge on any atom is 0.310 e. The van der Waals surface area contributed by atoms with E-state index in [1.807, 2.05) is 6.07 Å². The number of nitrogens with zero attached hydrogens (tertiary/aromatic N) is 2. The van der Waals surface area contributed by atoms with E-state index in [-0.39, 0.29) is 23.4 Å². The van der Waals surface area contributed by atoms with E-state index in [1.54, 1.807) is 11.1 Å². The number of halogens is 1. The largest absolute Gasteiger partial charge is 0.462 e. The highest BCUT2D eigenvalue weighted by atomic mass is 35.5. The Labute approximate surface area is 191 Å². The van der Waals surface area contributed by atoms with E-state index in [9.17, 15) is 4.79 Å². The predicted molar refractivity (Wildman–Crippen MR) is 126 cm³/mol. The molecule has 0 aromatic heterocycles. The number of aryl methyl sites for hydroxylation is 1. The van der Waals surface area contributed by atoms with Gasteiger partial charge in [0.05, 0.1) is 5.92 Å². The van der Waals surface area contributed by atoms with Gasteiger partial charge in [0.2, 0.25) is 0 Å². The number of hydrogen-bond acceptors (Lipinski definition) is 4. The summed E-state index contributed by atoms with van der Waals surface area (Å²) in [5.41, 5.74) is 5.97. The Morgan fingerprint density at radius 2 is 1.97 bits per heavy atom. The average Bonchev–Trinajstić information content (AvgIpc) is 3.02. The van der Waals surface area contributed by atoms with Gasteiger partial charge in [-0.05, 0) is 69.1 Å². The minimum atomic E-state index is 0.0243. The number of carbonyl (C=O) groups excluding carboxylic acids is 1. The minimum absolute atomic E-state index is 0.0243. The van der Waals surface area contributed by atoms with Gasteiger partial charge in [-0.15, -0.1) is 0 Å². The molecule has 4 aliphatic rings. The lowest BCUT2D eigenvalue weighted by atomic mass is 9.59. The molecule has 1 saturated carbocycles. The lowest BCUT2D eigenvalue weighted by molar-refractivity contribution is -0.145. The van der Waals surface area contributed by atoms with Crippen molar-refractivity contribution in [2.24, 2.45) is 17.3 Å². The van der Waals surface area contributed by atoms with E-state index in [2.05, 4.69) is 42.7 Å². The summed E-state index contributed by atoms with van der Waals surface area (Å²) in [5.74, 6) is 0.427. The van der Waals surface area contributed by atoms with Gasteiger partial charge < -0.3 is 9.64 Å². The number of anilines is 1. The summed E-state index contributed by atoms with van der Waals surface area (Å²) in [6, 6.07) is 6.12. The van der Waals surface area contributed by atoms with E-state index in [0.29, 0.717) is 5.92 Å². The Morgan fingerprint density at radius 1 is 1.19 bits per heavy atom. The quantitative estimate of drug-likeness (QED) is 0.474. The Bertz CT molecular complexity index is 905. The summed E-state index contributed by atoms with van der Waals surface area (Å²) < 4.78 is 5.97. The number of fused-ring (bicyclic) bond motifs is 2. The predicted octanol–water partition coefficient (Wildman–Crippen LogP) is 5.23. The fraction of sp³-hybridized carbons (Fsp3) is 0.654. The number of carbonyl (C=O) groups is 1. The minimum Gasteiger partial charge on any atom is -0.462 e. The third kappa shape index (κ3) is 3.91. The smallest absolute Gasteiger partial charge is 0.310 e. The van der Waals surface area contributed by atoms with Crippen molar-refractivity contribution in [3.8, 4) is 0 Å². The molecule has 0 spiro atoms. The standard InChI is InChI=1S/C26H35ClN2O2/c1-17-5-4-8-26(3)15-24-20(14-22(17)26)21(25(30)31-24)16-28-9-11-29(12-10-28)23-13-19(27)7-6-18(23)2/h6-7,13,20-21,24H,4-5,8-12,14-16H2,1-3H3/t20-,21+,24-,26-/m1/s1. The van der Waals surface area contributed by atoms with Crippen molar-refractivity contribution < 1.29 is 9.53 Å². The van der Waals surface area contributed by atoms with Crippen LogP contribution in [0.5, 0.6) is 0 Å². The molecular weight excluding hydrogens is 408 g/mol. The van der Waals surface area contributed by atoms with E-state index in [0.717, 1.165) is 50.6 Å². The number of rotatable bonds is 3. The maximum absolute atomic E-state index is 12.9. The van der Waals surface area contributed by atoms with Crippen LogP contribution in [0.3, 0.4) is 0 Å². The summed E-state index contributed by atoms with van der Waals surface area (Å²) in [7, 11) is 0. The van der Waals surface area contributed by atoms with Crippen LogP contribution in [-0.4, -0.2) is 49.7 Å². The second kappa shape index (κ2) is 8.12. The van der Waals surface area contributed by atoms with E-state index in [1.165, 1.54) is 30.5 Å². The SMILES string of the molecule is CC1=C2C[C@@H]3[C@H](CN4CCN(c5cc(Cl)ccc5C)CC4)C(=O)O[C@@H]3C[C@@]2(C)CCC1. The molecule has 2 aliphatic carbocycles. The summed E-state index contributed by atoms with van der Waals surface area (Å²) in [4.78, 5) is 17.8. The molecule has 0 amide bonds. The van der Waals surface area contributed by atoms with Crippen molar-refractivity contribution in [3.05, 3.63) is 39.9 Å². The zero-order chi connectivity index (χ0) is 21.8. The normalized spacial score (nSPS) is 33.9. The molecular formula is C26H35ClN2O2. The molecule has 31 heavy (non-hydrogen) atoms. The average molecular weight is 443 g/mol. The Morgan fingerprint density at radius 3 is 2.74 bits per heavy atom. The van der Waals surface area contributed by atoms with Gasteiger partial charge in [0, 0.05) is 49.4 Å². The first-order chi connectivity index (χ1) is 14.8. The number of hydrogen-bond donors (Lipinski definition) is 0. The molecule has 3 fully saturated rings. The van der Waals surface area contributed by atoms with Crippen LogP contribution in [0.15, 0.2) is 29.3 Å². The van der Waals surface area contributed by atoms with Gasteiger partial charge >= 0.3 is 5.97 Å². The van der Waals surface area contributed by atoms with Gasteiger partial charge in [-0.3, -0.25) is 9.69 Å². The summed E-state index contributed by atoms with van der Waals surface area (Å²) in [6.07, 6.45) is 5.95. The molecule has 2 saturated heterocycles. The van der Waals surface area contributed by atoms with Gasteiger partial charge in [-0.1, -0.05) is 35.7 Å². The van der Waals surface area contributed by atoms with Crippen molar-refractivity contribution in [2.75, 3.05) is 37.6 Å². The second-order valence-electron chi connectivity index (χ2n) is 10.5. The maximum atomic E-state index is 12.9.